The Bertz CT molecular complexity index is 1600. The lowest BCUT2D eigenvalue weighted by Crippen LogP contribution is -2.32. The molecule has 4 rings (SSSR count). The summed E-state index contributed by atoms with van der Waals surface area (Å²) in [5.41, 5.74) is 9.58. The molecule has 0 saturated heterocycles. The third-order valence-electron chi connectivity index (χ3n) is 6.28. The third kappa shape index (κ3) is 5.61. The second kappa shape index (κ2) is 10.9. The number of ether oxygens (including phenoxy) is 1. The highest BCUT2D eigenvalue weighted by Gasteiger charge is 2.22. The summed E-state index contributed by atoms with van der Waals surface area (Å²) in [6, 6.07) is 21.0. The lowest BCUT2D eigenvalue weighted by molar-refractivity contribution is 0.415. The Morgan fingerprint density at radius 2 is 1.70 bits per heavy atom. The van der Waals surface area contributed by atoms with Crippen LogP contribution in [-0.4, -0.2) is 31.6 Å². The van der Waals surface area contributed by atoms with E-state index < -0.39 is 15.9 Å². The average molecular weight is 538 g/mol. The van der Waals surface area contributed by atoms with Crippen LogP contribution in [0.1, 0.15) is 28.4 Å². The molecule has 0 fully saturated rings. The van der Waals surface area contributed by atoms with Gasteiger partial charge in [-0.3, -0.25) is 4.79 Å². The summed E-state index contributed by atoms with van der Waals surface area (Å²) in [5, 5.41) is 4.97. The standard InChI is InChI=1S/C28H28ClN3O4S/c1-18-23(16-20-12-7-8-15-25(20)37(3,34)35)31-32(17-22(30)19-10-5-4-6-11-19)28(33)26(18)21-13-9-14-24(36-2)27(21)29/h4-15,22H,16-17,30H2,1-3H3. The minimum absolute atomic E-state index is 0.123. The number of rotatable bonds is 8. The minimum Gasteiger partial charge on any atom is -0.495 e. The summed E-state index contributed by atoms with van der Waals surface area (Å²) in [4.78, 5) is 14.0. The van der Waals surface area contributed by atoms with Gasteiger partial charge in [-0.2, -0.15) is 5.10 Å². The number of methoxy groups -OCH3 is 1. The molecule has 4 aromatic rings. The highest BCUT2D eigenvalue weighted by Crippen LogP contribution is 2.36. The van der Waals surface area contributed by atoms with Crippen LogP contribution in [0.3, 0.4) is 0 Å². The molecule has 9 heteroatoms. The van der Waals surface area contributed by atoms with Crippen LogP contribution in [0.2, 0.25) is 5.02 Å². The lowest BCUT2D eigenvalue weighted by Gasteiger charge is -2.19. The second-order valence-electron chi connectivity index (χ2n) is 8.83. The average Bonchev–Trinajstić information content (AvgIpc) is 2.88. The van der Waals surface area contributed by atoms with E-state index >= 15 is 0 Å². The molecule has 7 nitrogen and oxygen atoms in total. The maximum absolute atomic E-state index is 13.8. The molecule has 3 aromatic carbocycles. The predicted octanol–water partition coefficient (Wildman–Crippen LogP) is 4.58. The van der Waals surface area contributed by atoms with Gasteiger partial charge in [0.2, 0.25) is 0 Å². The van der Waals surface area contributed by atoms with Gasteiger partial charge < -0.3 is 10.5 Å². The van der Waals surface area contributed by atoms with E-state index in [-0.39, 0.29) is 23.4 Å². The number of halogens is 1. The van der Waals surface area contributed by atoms with E-state index in [9.17, 15) is 13.2 Å². The summed E-state index contributed by atoms with van der Waals surface area (Å²) in [5.74, 6) is 0.436. The number of benzene rings is 3. The summed E-state index contributed by atoms with van der Waals surface area (Å²) in [6.07, 6.45) is 1.37. The molecule has 0 aliphatic carbocycles. The summed E-state index contributed by atoms with van der Waals surface area (Å²) >= 11 is 6.64. The van der Waals surface area contributed by atoms with Crippen LogP contribution in [0.5, 0.6) is 5.75 Å². The van der Waals surface area contributed by atoms with E-state index in [1.54, 1.807) is 49.4 Å². The van der Waals surface area contributed by atoms with Gasteiger partial charge in [0.25, 0.3) is 5.56 Å². The van der Waals surface area contributed by atoms with E-state index in [1.807, 2.05) is 30.3 Å². The molecule has 0 spiro atoms. The first kappa shape index (κ1) is 26.6. The Morgan fingerprint density at radius 1 is 1.03 bits per heavy atom. The molecule has 0 radical (unpaired) electrons. The molecular formula is C28H28ClN3O4S. The van der Waals surface area contributed by atoms with Gasteiger partial charge in [0.1, 0.15) is 5.75 Å². The first-order valence-electron chi connectivity index (χ1n) is 11.6. The van der Waals surface area contributed by atoms with E-state index in [0.717, 1.165) is 5.56 Å². The molecule has 0 aliphatic heterocycles. The number of sulfone groups is 1. The molecule has 0 bridgehead atoms. The largest absolute Gasteiger partial charge is 0.495 e. The Kier molecular flexibility index (Phi) is 7.82. The molecule has 1 unspecified atom stereocenters. The molecular weight excluding hydrogens is 510 g/mol. The molecule has 37 heavy (non-hydrogen) atoms. The fraction of sp³-hybridized carbons (Fsp3) is 0.214. The van der Waals surface area contributed by atoms with Gasteiger partial charge in [-0.1, -0.05) is 72.3 Å². The zero-order valence-corrected chi connectivity index (χ0v) is 22.4. The quantitative estimate of drug-likeness (QED) is 0.353. The van der Waals surface area contributed by atoms with Gasteiger partial charge in [0, 0.05) is 24.3 Å². The highest BCUT2D eigenvalue weighted by molar-refractivity contribution is 7.90. The summed E-state index contributed by atoms with van der Waals surface area (Å²) in [6.45, 7) is 1.91. The molecule has 1 heterocycles. The Balaban J connectivity index is 1.92. The highest BCUT2D eigenvalue weighted by atomic mass is 35.5. The SMILES string of the molecule is COc1cccc(-c2c(C)c(Cc3ccccc3S(C)(=O)=O)nn(CC(N)c3ccccc3)c2=O)c1Cl. The maximum Gasteiger partial charge on any atom is 0.275 e. The van der Waals surface area contributed by atoms with Crippen LogP contribution in [0.15, 0.2) is 82.5 Å². The normalized spacial score (nSPS) is 12.4. The van der Waals surface area contributed by atoms with E-state index in [4.69, 9.17) is 22.1 Å². The van der Waals surface area contributed by atoms with Gasteiger partial charge in [-0.25, -0.2) is 13.1 Å². The zero-order chi connectivity index (χ0) is 26.7. The number of nitrogens with two attached hydrogens (primary N) is 1. The molecule has 192 valence electrons. The zero-order valence-electron chi connectivity index (χ0n) is 20.8. The monoisotopic (exact) mass is 537 g/mol. The van der Waals surface area contributed by atoms with E-state index in [1.165, 1.54) is 18.0 Å². The Morgan fingerprint density at radius 3 is 2.38 bits per heavy atom. The van der Waals surface area contributed by atoms with Gasteiger partial charge in [0.05, 0.1) is 34.8 Å². The maximum atomic E-state index is 13.8. The van der Waals surface area contributed by atoms with Gasteiger partial charge in [-0.05, 0) is 35.7 Å². The van der Waals surface area contributed by atoms with Crippen molar-refractivity contribution in [2.75, 3.05) is 13.4 Å². The van der Waals surface area contributed by atoms with E-state index in [2.05, 4.69) is 5.10 Å². The smallest absolute Gasteiger partial charge is 0.275 e. The fourth-order valence-corrected chi connectivity index (χ4v) is 5.59. The topological polar surface area (TPSA) is 104 Å². The third-order valence-corrected chi connectivity index (χ3v) is 7.86. The van der Waals surface area contributed by atoms with Gasteiger partial charge in [-0.15, -0.1) is 0 Å². The first-order valence-corrected chi connectivity index (χ1v) is 13.9. The van der Waals surface area contributed by atoms with Crippen LogP contribution < -0.4 is 16.0 Å². The van der Waals surface area contributed by atoms with Gasteiger partial charge in [0.15, 0.2) is 9.84 Å². The van der Waals surface area contributed by atoms with Crippen molar-refractivity contribution in [3.05, 3.63) is 111 Å². The number of nitrogens with zero attached hydrogens (tertiary/aromatic N) is 2. The minimum atomic E-state index is -3.47. The predicted molar refractivity (Wildman–Crippen MR) is 146 cm³/mol. The first-order chi connectivity index (χ1) is 17.6. The molecule has 0 saturated carbocycles. The van der Waals surface area contributed by atoms with Crippen molar-refractivity contribution in [3.63, 3.8) is 0 Å². The molecule has 0 aliphatic rings. The van der Waals surface area contributed by atoms with Crippen LogP contribution in [0, 0.1) is 6.92 Å². The van der Waals surface area contributed by atoms with Crippen molar-refractivity contribution in [2.24, 2.45) is 5.73 Å². The van der Waals surface area contributed by atoms with Crippen LogP contribution in [0.25, 0.3) is 11.1 Å². The van der Waals surface area contributed by atoms with E-state index in [0.29, 0.717) is 38.7 Å². The van der Waals surface area contributed by atoms with Crippen molar-refractivity contribution in [3.8, 4) is 16.9 Å². The molecule has 1 aromatic heterocycles. The Hall–Kier alpha value is -3.46. The van der Waals surface area contributed by atoms with Gasteiger partial charge >= 0.3 is 0 Å². The van der Waals surface area contributed by atoms with Crippen molar-refractivity contribution in [1.82, 2.24) is 9.78 Å². The Labute approximate surface area is 221 Å². The van der Waals surface area contributed by atoms with Crippen molar-refractivity contribution < 1.29 is 13.2 Å². The summed E-state index contributed by atoms with van der Waals surface area (Å²) < 4.78 is 31.6. The molecule has 0 amide bonds. The molecule has 2 N–H and O–H groups in total. The number of aromatic nitrogens is 2. The fourth-order valence-electron chi connectivity index (χ4n) is 4.35. The van der Waals surface area contributed by atoms with Crippen LogP contribution in [-0.2, 0) is 22.8 Å². The van der Waals surface area contributed by atoms with Crippen molar-refractivity contribution in [1.29, 1.82) is 0 Å². The van der Waals surface area contributed by atoms with Crippen molar-refractivity contribution in [2.45, 2.75) is 30.8 Å². The van der Waals surface area contributed by atoms with Crippen LogP contribution in [0.4, 0.5) is 0 Å². The second-order valence-corrected chi connectivity index (χ2v) is 11.2. The summed E-state index contributed by atoms with van der Waals surface area (Å²) in [7, 11) is -1.96. The van der Waals surface area contributed by atoms with Crippen molar-refractivity contribution >= 4 is 21.4 Å². The number of hydrogen-bond donors (Lipinski definition) is 1. The number of hydrogen-bond acceptors (Lipinski definition) is 6. The van der Waals surface area contributed by atoms with Crippen LogP contribution >= 0.6 is 11.6 Å². The lowest BCUT2D eigenvalue weighted by atomic mass is 9.97. The molecule has 1 atom stereocenters.